The van der Waals surface area contributed by atoms with E-state index < -0.39 is 11.7 Å². The van der Waals surface area contributed by atoms with Crippen LogP contribution in [0.1, 0.15) is 25.2 Å². The summed E-state index contributed by atoms with van der Waals surface area (Å²) in [5.41, 5.74) is 1.49. The molecular formula is C14H24N2O2. The van der Waals surface area contributed by atoms with Crippen LogP contribution in [-0.2, 0) is 11.3 Å². The first-order valence-electron chi connectivity index (χ1n) is 6.19. The number of methoxy groups -OCH3 is 1. The van der Waals surface area contributed by atoms with Crippen LogP contribution in [0.15, 0.2) is 18.2 Å². The minimum atomic E-state index is -0.533. The Balaban J connectivity index is 2.54. The lowest BCUT2D eigenvalue weighted by Gasteiger charge is -2.31. The van der Waals surface area contributed by atoms with E-state index >= 15 is 0 Å². The van der Waals surface area contributed by atoms with Gasteiger partial charge in [0.1, 0.15) is 0 Å². The summed E-state index contributed by atoms with van der Waals surface area (Å²) in [5, 5.41) is 10.1. The van der Waals surface area contributed by atoms with Crippen molar-refractivity contribution in [2.24, 2.45) is 0 Å². The fraction of sp³-hybridized carbons (Fsp3) is 0.643. The zero-order valence-electron chi connectivity index (χ0n) is 12.0. The van der Waals surface area contributed by atoms with Crippen molar-refractivity contribution in [2.75, 3.05) is 20.7 Å². The summed E-state index contributed by atoms with van der Waals surface area (Å²) in [6.45, 7) is 7.02. The minimum absolute atomic E-state index is 0.530. The van der Waals surface area contributed by atoms with E-state index in [0.29, 0.717) is 6.54 Å². The Morgan fingerprint density at radius 3 is 2.67 bits per heavy atom. The summed E-state index contributed by atoms with van der Waals surface area (Å²) < 4.78 is 5.28. The molecule has 0 radical (unpaired) electrons. The van der Waals surface area contributed by atoms with Crippen LogP contribution < -0.4 is 0 Å². The molecule has 1 aromatic heterocycles. The van der Waals surface area contributed by atoms with Crippen molar-refractivity contribution >= 4 is 0 Å². The van der Waals surface area contributed by atoms with Crippen LogP contribution in [0.4, 0.5) is 0 Å². The number of ether oxygens (including phenoxy) is 1. The molecule has 0 spiro atoms. The molecule has 0 aliphatic heterocycles. The highest BCUT2D eigenvalue weighted by Crippen LogP contribution is 2.15. The summed E-state index contributed by atoms with van der Waals surface area (Å²) in [6, 6.07) is 5.98. The third kappa shape index (κ3) is 4.37. The standard InChI is InChI=1S/C14H24N2O2/c1-11-7-6-8-12(15-11)9-16(4)10-13(17)14(2,3)18-5/h6-8,13,17H,9-10H2,1-5H3. The molecular weight excluding hydrogens is 228 g/mol. The van der Waals surface area contributed by atoms with Crippen LogP contribution in [0.2, 0.25) is 0 Å². The van der Waals surface area contributed by atoms with Crippen LogP contribution in [0.3, 0.4) is 0 Å². The molecule has 1 atom stereocenters. The molecule has 0 saturated heterocycles. The maximum Gasteiger partial charge on any atom is 0.0950 e. The Labute approximate surface area is 110 Å². The Morgan fingerprint density at radius 2 is 2.11 bits per heavy atom. The zero-order valence-corrected chi connectivity index (χ0v) is 12.0. The van der Waals surface area contributed by atoms with E-state index in [1.807, 2.05) is 50.9 Å². The number of pyridine rings is 1. The number of likely N-dealkylation sites (N-methyl/N-ethyl adjacent to an activating group) is 1. The average Bonchev–Trinajstić information content (AvgIpc) is 2.28. The normalized spacial score (nSPS) is 13.9. The molecule has 0 amide bonds. The van der Waals surface area contributed by atoms with E-state index in [1.165, 1.54) is 0 Å². The van der Waals surface area contributed by atoms with E-state index in [2.05, 4.69) is 4.98 Å². The Kier molecular flexibility index (Phi) is 5.26. The van der Waals surface area contributed by atoms with Gasteiger partial charge in [0, 0.05) is 25.9 Å². The highest BCUT2D eigenvalue weighted by Gasteiger charge is 2.28. The second-order valence-electron chi connectivity index (χ2n) is 5.29. The molecule has 1 heterocycles. The summed E-state index contributed by atoms with van der Waals surface area (Å²) in [5.74, 6) is 0. The Hall–Kier alpha value is -0.970. The second-order valence-corrected chi connectivity index (χ2v) is 5.29. The molecule has 0 aromatic carbocycles. The van der Waals surface area contributed by atoms with Gasteiger partial charge in [-0.05, 0) is 40.0 Å². The van der Waals surface area contributed by atoms with Gasteiger partial charge >= 0.3 is 0 Å². The lowest BCUT2D eigenvalue weighted by Crippen LogP contribution is -2.45. The van der Waals surface area contributed by atoms with E-state index in [4.69, 9.17) is 4.74 Å². The van der Waals surface area contributed by atoms with Crippen LogP contribution in [0.5, 0.6) is 0 Å². The molecule has 18 heavy (non-hydrogen) atoms. The summed E-state index contributed by atoms with van der Waals surface area (Å²) in [7, 11) is 3.59. The van der Waals surface area contributed by atoms with Crippen molar-refractivity contribution in [3.8, 4) is 0 Å². The number of aryl methyl sites for hydroxylation is 1. The lowest BCUT2D eigenvalue weighted by atomic mass is 10.0. The van der Waals surface area contributed by atoms with Crippen molar-refractivity contribution in [3.63, 3.8) is 0 Å². The number of hydrogen-bond acceptors (Lipinski definition) is 4. The van der Waals surface area contributed by atoms with Gasteiger partial charge < -0.3 is 9.84 Å². The maximum atomic E-state index is 10.1. The number of aliphatic hydroxyl groups excluding tert-OH is 1. The number of aliphatic hydroxyl groups is 1. The molecule has 1 rings (SSSR count). The smallest absolute Gasteiger partial charge is 0.0950 e. The first kappa shape index (κ1) is 15.1. The van der Waals surface area contributed by atoms with Crippen molar-refractivity contribution in [3.05, 3.63) is 29.6 Å². The monoisotopic (exact) mass is 252 g/mol. The molecule has 1 N–H and O–H groups in total. The predicted octanol–water partition coefficient (Wildman–Crippen LogP) is 1.61. The summed E-state index contributed by atoms with van der Waals surface area (Å²) in [6.07, 6.45) is -0.530. The van der Waals surface area contributed by atoms with Crippen molar-refractivity contribution in [1.82, 2.24) is 9.88 Å². The topological polar surface area (TPSA) is 45.6 Å². The molecule has 102 valence electrons. The van der Waals surface area contributed by atoms with Gasteiger partial charge in [-0.25, -0.2) is 0 Å². The maximum absolute atomic E-state index is 10.1. The molecule has 0 fully saturated rings. The van der Waals surface area contributed by atoms with E-state index in [0.717, 1.165) is 17.9 Å². The van der Waals surface area contributed by atoms with E-state index in [9.17, 15) is 5.11 Å². The van der Waals surface area contributed by atoms with Crippen LogP contribution >= 0.6 is 0 Å². The Morgan fingerprint density at radius 1 is 1.44 bits per heavy atom. The highest BCUT2D eigenvalue weighted by molar-refractivity contribution is 5.09. The third-order valence-electron chi connectivity index (χ3n) is 3.19. The van der Waals surface area contributed by atoms with Crippen molar-refractivity contribution in [2.45, 2.75) is 39.0 Å². The van der Waals surface area contributed by atoms with Gasteiger partial charge in [0.2, 0.25) is 0 Å². The quantitative estimate of drug-likeness (QED) is 0.835. The third-order valence-corrected chi connectivity index (χ3v) is 3.19. The fourth-order valence-electron chi connectivity index (χ4n) is 1.68. The van der Waals surface area contributed by atoms with Crippen LogP contribution in [0.25, 0.3) is 0 Å². The molecule has 4 nitrogen and oxygen atoms in total. The van der Waals surface area contributed by atoms with Crippen LogP contribution in [-0.4, -0.2) is 47.4 Å². The average molecular weight is 252 g/mol. The van der Waals surface area contributed by atoms with Crippen molar-refractivity contribution < 1.29 is 9.84 Å². The predicted molar refractivity (Wildman–Crippen MR) is 72.4 cm³/mol. The molecule has 4 heteroatoms. The van der Waals surface area contributed by atoms with E-state index in [-0.39, 0.29) is 0 Å². The number of nitrogens with zero attached hydrogens (tertiary/aromatic N) is 2. The van der Waals surface area contributed by atoms with E-state index in [1.54, 1.807) is 7.11 Å². The van der Waals surface area contributed by atoms with Gasteiger partial charge in [-0.2, -0.15) is 0 Å². The highest BCUT2D eigenvalue weighted by atomic mass is 16.5. The second kappa shape index (κ2) is 6.27. The number of aromatic nitrogens is 1. The molecule has 1 unspecified atom stereocenters. The zero-order chi connectivity index (χ0) is 13.8. The molecule has 1 aromatic rings. The van der Waals surface area contributed by atoms with Gasteiger partial charge in [-0.1, -0.05) is 6.07 Å². The molecule has 0 saturated carbocycles. The first-order chi connectivity index (χ1) is 8.35. The Bertz CT molecular complexity index is 380. The van der Waals surface area contributed by atoms with Gasteiger partial charge in [-0.3, -0.25) is 9.88 Å². The largest absolute Gasteiger partial charge is 0.389 e. The van der Waals surface area contributed by atoms with Gasteiger partial charge in [0.25, 0.3) is 0 Å². The number of rotatable bonds is 6. The van der Waals surface area contributed by atoms with Crippen LogP contribution in [0, 0.1) is 6.92 Å². The first-order valence-corrected chi connectivity index (χ1v) is 6.19. The number of hydrogen-bond donors (Lipinski definition) is 1. The van der Waals surface area contributed by atoms with Gasteiger partial charge in [0.15, 0.2) is 0 Å². The lowest BCUT2D eigenvalue weighted by molar-refractivity contribution is -0.0863. The fourth-order valence-corrected chi connectivity index (χ4v) is 1.68. The summed E-state index contributed by atoms with van der Waals surface area (Å²) in [4.78, 5) is 6.50. The summed E-state index contributed by atoms with van der Waals surface area (Å²) >= 11 is 0. The van der Waals surface area contributed by atoms with Gasteiger partial charge in [-0.15, -0.1) is 0 Å². The SMILES string of the molecule is COC(C)(C)C(O)CN(C)Cc1cccc(C)n1. The molecule has 0 aliphatic carbocycles. The van der Waals surface area contributed by atoms with Crippen molar-refractivity contribution in [1.29, 1.82) is 0 Å². The minimum Gasteiger partial charge on any atom is -0.389 e. The molecule has 0 aliphatic rings. The van der Waals surface area contributed by atoms with Gasteiger partial charge in [0.05, 0.1) is 17.4 Å². The molecule has 0 bridgehead atoms.